The second-order valence-electron chi connectivity index (χ2n) is 6.20. The number of fused-ring (bicyclic) bond motifs is 2. The molecule has 0 unspecified atom stereocenters. The molecule has 3 heterocycles. The van der Waals surface area contributed by atoms with E-state index in [1.54, 1.807) is 7.11 Å². The van der Waals surface area contributed by atoms with Crippen molar-refractivity contribution in [3.05, 3.63) is 47.3 Å². The molecule has 2 aliphatic rings. The molecule has 0 N–H and O–H groups in total. The standard InChI is InChI=1S/C18H17N3O2/c1-22-16-8-7-15(13-4-2-3-12-9-23-10-14(12)13)21-18(16)19-17(20-21)11-5-6-11/h2-4,7-8,11H,5-6,9-10H2,1H3. The number of methoxy groups -OCH3 is 1. The molecule has 1 aromatic carbocycles. The predicted octanol–water partition coefficient (Wildman–Crippen LogP) is 3.31. The number of hydrogen-bond donors (Lipinski definition) is 0. The average molecular weight is 307 g/mol. The van der Waals surface area contributed by atoms with Crippen molar-refractivity contribution in [1.82, 2.24) is 14.6 Å². The van der Waals surface area contributed by atoms with Crippen molar-refractivity contribution in [2.75, 3.05) is 7.11 Å². The lowest BCUT2D eigenvalue weighted by molar-refractivity contribution is 0.134. The van der Waals surface area contributed by atoms with Crippen LogP contribution in [-0.2, 0) is 18.0 Å². The second kappa shape index (κ2) is 4.80. The highest BCUT2D eigenvalue weighted by molar-refractivity contribution is 5.71. The lowest BCUT2D eigenvalue weighted by Crippen LogP contribution is -1.99. The molecule has 0 atom stereocenters. The third kappa shape index (κ3) is 1.96. The summed E-state index contributed by atoms with van der Waals surface area (Å²) < 4.78 is 13.0. The molecule has 1 fully saturated rings. The van der Waals surface area contributed by atoms with Gasteiger partial charge in [0.05, 0.1) is 26.0 Å². The van der Waals surface area contributed by atoms with Crippen LogP contribution in [0.4, 0.5) is 0 Å². The Morgan fingerprint density at radius 1 is 1.17 bits per heavy atom. The summed E-state index contributed by atoms with van der Waals surface area (Å²) in [7, 11) is 1.68. The van der Waals surface area contributed by atoms with Gasteiger partial charge in [0.25, 0.3) is 0 Å². The van der Waals surface area contributed by atoms with Crippen molar-refractivity contribution in [2.24, 2.45) is 0 Å². The van der Waals surface area contributed by atoms with E-state index in [0.29, 0.717) is 19.1 Å². The van der Waals surface area contributed by atoms with Gasteiger partial charge in [-0.05, 0) is 36.1 Å². The van der Waals surface area contributed by atoms with Gasteiger partial charge in [-0.3, -0.25) is 0 Å². The molecular weight excluding hydrogens is 290 g/mol. The summed E-state index contributed by atoms with van der Waals surface area (Å²) in [5.41, 5.74) is 5.52. The lowest BCUT2D eigenvalue weighted by Gasteiger charge is -2.10. The molecule has 0 amide bonds. The van der Waals surface area contributed by atoms with Gasteiger partial charge >= 0.3 is 0 Å². The van der Waals surface area contributed by atoms with Crippen LogP contribution in [0.25, 0.3) is 16.9 Å². The van der Waals surface area contributed by atoms with E-state index < -0.39 is 0 Å². The zero-order valence-electron chi connectivity index (χ0n) is 13.0. The smallest absolute Gasteiger partial charge is 0.198 e. The summed E-state index contributed by atoms with van der Waals surface area (Å²) in [5.74, 6) is 2.20. The monoisotopic (exact) mass is 307 g/mol. The Labute approximate surface area is 133 Å². The SMILES string of the molecule is COc1ccc(-c2cccc3c2COC3)n2nc(C3CC3)nc12. The summed E-state index contributed by atoms with van der Waals surface area (Å²) in [6.07, 6.45) is 2.37. The van der Waals surface area contributed by atoms with Crippen LogP contribution in [0.1, 0.15) is 35.7 Å². The van der Waals surface area contributed by atoms with Gasteiger partial charge in [-0.25, -0.2) is 9.50 Å². The lowest BCUT2D eigenvalue weighted by atomic mass is 10.0. The summed E-state index contributed by atoms with van der Waals surface area (Å²) in [4.78, 5) is 4.72. The van der Waals surface area contributed by atoms with E-state index in [9.17, 15) is 0 Å². The van der Waals surface area contributed by atoms with E-state index in [0.717, 1.165) is 22.9 Å². The van der Waals surface area contributed by atoms with Crippen LogP contribution in [0.3, 0.4) is 0 Å². The minimum Gasteiger partial charge on any atom is -0.493 e. The fraction of sp³-hybridized carbons (Fsp3) is 0.333. The minimum atomic E-state index is 0.511. The Hall–Kier alpha value is -2.40. The first kappa shape index (κ1) is 13.1. The number of pyridine rings is 1. The fourth-order valence-electron chi connectivity index (χ4n) is 3.28. The molecule has 5 rings (SSSR count). The molecule has 0 bridgehead atoms. The molecule has 0 spiro atoms. The first-order valence-corrected chi connectivity index (χ1v) is 7.97. The first-order valence-electron chi connectivity index (χ1n) is 7.97. The molecule has 23 heavy (non-hydrogen) atoms. The van der Waals surface area contributed by atoms with Crippen LogP contribution in [0.5, 0.6) is 5.75 Å². The van der Waals surface area contributed by atoms with Gasteiger partial charge in [0, 0.05) is 11.5 Å². The maximum Gasteiger partial charge on any atom is 0.198 e. The number of rotatable bonds is 3. The number of hydrogen-bond acceptors (Lipinski definition) is 4. The van der Waals surface area contributed by atoms with Gasteiger partial charge in [-0.2, -0.15) is 5.10 Å². The Morgan fingerprint density at radius 3 is 2.91 bits per heavy atom. The largest absolute Gasteiger partial charge is 0.493 e. The molecule has 0 radical (unpaired) electrons. The number of aromatic nitrogens is 3. The second-order valence-corrected chi connectivity index (χ2v) is 6.20. The fourth-order valence-corrected chi connectivity index (χ4v) is 3.28. The van der Waals surface area contributed by atoms with Crippen LogP contribution in [0.15, 0.2) is 30.3 Å². The van der Waals surface area contributed by atoms with Crippen molar-refractivity contribution >= 4 is 5.65 Å². The van der Waals surface area contributed by atoms with Crippen molar-refractivity contribution in [3.8, 4) is 17.0 Å². The number of benzene rings is 1. The minimum absolute atomic E-state index is 0.511. The van der Waals surface area contributed by atoms with Crippen LogP contribution in [0.2, 0.25) is 0 Å². The van der Waals surface area contributed by atoms with Crippen LogP contribution in [0, 0.1) is 0 Å². The highest BCUT2D eigenvalue weighted by Gasteiger charge is 2.29. The zero-order chi connectivity index (χ0) is 15.4. The predicted molar refractivity (Wildman–Crippen MR) is 85.4 cm³/mol. The molecule has 1 aliphatic heterocycles. The van der Waals surface area contributed by atoms with E-state index in [1.807, 2.05) is 10.6 Å². The van der Waals surface area contributed by atoms with Gasteiger partial charge in [0.2, 0.25) is 0 Å². The Balaban J connectivity index is 1.77. The van der Waals surface area contributed by atoms with Gasteiger partial charge in [-0.15, -0.1) is 0 Å². The Kier molecular flexibility index (Phi) is 2.73. The van der Waals surface area contributed by atoms with Crippen LogP contribution in [-0.4, -0.2) is 21.7 Å². The van der Waals surface area contributed by atoms with Crippen molar-refractivity contribution in [1.29, 1.82) is 0 Å². The summed E-state index contributed by atoms with van der Waals surface area (Å²) in [6, 6.07) is 10.4. The van der Waals surface area contributed by atoms with Gasteiger partial charge in [0.15, 0.2) is 17.2 Å². The Bertz CT molecular complexity index is 912. The molecule has 0 saturated heterocycles. The molecule has 2 aromatic heterocycles. The highest BCUT2D eigenvalue weighted by atomic mass is 16.5. The van der Waals surface area contributed by atoms with Gasteiger partial charge < -0.3 is 9.47 Å². The van der Waals surface area contributed by atoms with Crippen LogP contribution < -0.4 is 4.74 Å². The van der Waals surface area contributed by atoms with Crippen LogP contribution >= 0.6 is 0 Å². The van der Waals surface area contributed by atoms with E-state index in [-0.39, 0.29) is 0 Å². The van der Waals surface area contributed by atoms with Crippen molar-refractivity contribution in [3.63, 3.8) is 0 Å². The molecular formula is C18H17N3O2. The average Bonchev–Trinajstić information content (AvgIpc) is 3.15. The number of nitrogens with zero attached hydrogens (tertiary/aromatic N) is 3. The van der Waals surface area contributed by atoms with E-state index in [2.05, 4.69) is 24.3 Å². The molecule has 1 aliphatic carbocycles. The quantitative estimate of drug-likeness (QED) is 0.745. The summed E-state index contributed by atoms with van der Waals surface area (Å²) in [5, 5.41) is 4.77. The molecule has 5 heteroatoms. The van der Waals surface area contributed by atoms with Gasteiger partial charge in [-0.1, -0.05) is 18.2 Å². The maximum absolute atomic E-state index is 5.62. The molecule has 3 aromatic rings. The van der Waals surface area contributed by atoms with E-state index in [1.165, 1.54) is 29.5 Å². The third-order valence-electron chi connectivity index (χ3n) is 4.68. The highest BCUT2D eigenvalue weighted by Crippen LogP contribution is 2.40. The maximum atomic E-state index is 5.62. The van der Waals surface area contributed by atoms with Crippen molar-refractivity contribution in [2.45, 2.75) is 32.0 Å². The first-order chi connectivity index (χ1) is 11.3. The normalized spacial score (nSPS) is 16.7. The number of ether oxygens (including phenoxy) is 2. The molecule has 5 nitrogen and oxygen atoms in total. The molecule has 1 saturated carbocycles. The third-order valence-corrected chi connectivity index (χ3v) is 4.68. The zero-order valence-corrected chi connectivity index (χ0v) is 13.0. The Morgan fingerprint density at radius 2 is 2.09 bits per heavy atom. The van der Waals surface area contributed by atoms with Gasteiger partial charge in [0.1, 0.15) is 0 Å². The molecule has 116 valence electrons. The summed E-state index contributed by atoms with van der Waals surface area (Å²) >= 11 is 0. The topological polar surface area (TPSA) is 48.7 Å². The van der Waals surface area contributed by atoms with E-state index in [4.69, 9.17) is 19.6 Å². The van der Waals surface area contributed by atoms with E-state index >= 15 is 0 Å². The van der Waals surface area contributed by atoms with Crippen molar-refractivity contribution < 1.29 is 9.47 Å². The summed E-state index contributed by atoms with van der Waals surface area (Å²) in [6.45, 7) is 1.34.